The van der Waals surface area contributed by atoms with Crippen molar-refractivity contribution < 1.29 is 18.1 Å². The first-order chi connectivity index (χ1) is 10.3. The second-order valence-electron chi connectivity index (χ2n) is 4.60. The molecule has 0 heterocycles. The molecule has 0 saturated carbocycles. The molecule has 22 heavy (non-hydrogen) atoms. The van der Waals surface area contributed by atoms with Gasteiger partial charge in [-0.05, 0) is 18.9 Å². The van der Waals surface area contributed by atoms with E-state index in [9.17, 15) is 23.3 Å². The van der Waals surface area contributed by atoms with Gasteiger partial charge in [-0.2, -0.15) is 0 Å². The molecule has 0 N–H and O–H groups in total. The van der Waals surface area contributed by atoms with Crippen LogP contribution in [0.2, 0.25) is 0 Å². The van der Waals surface area contributed by atoms with Crippen molar-refractivity contribution in [3.05, 3.63) is 45.6 Å². The van der Waals surface area contributed by atoms with Gasteiger partial charge in [-0.25, -0.2) is 8.42 Å². The predicted octanol–water partition coefficient (Wildman–Crippen LogP) is 2.69. The average molecular weight is 346 g/mol. The highest BCUT2D eigenvalue weighted by Crippen LogP contribution is 2.21. The molecule has 1 aromatic carbocycles. The Balaban J connectivity index is 3.28. The van der Waals surface area contributed by atoms with E-state index < -0.39 is 26.2 Å². The fourth-order valence-electron chi connectivity index (χ4n) is 1.81. The van der Waals surface area contributed by atoms with E-state index in [4.69, 9.17) is 11.6 Å². The summed E-state index contributed by atoms with van der Waals surface area (Å²) < 4.78 is 24.6. The summed E-state index contributed by atoms with van der Waals surface area (Å²) in [6.07, 6.45) is 1.96. The minimum atomic E-state index is -3.60. The molecule has 0 aliphatic rings. The largest absolute Gasteiger partial charge is 0.312 e. The summed E-state index contributed by atoms with van der Waals surface area (Å²) in [5.41, 5.74) is -0.515. The molecule has 1 aromatic rings. The van der Waals surface area contributed by atoms with Crippen molar-refractivity contribution in [2.75, 3.05) is 11.6 Å². The highest BCUT2D eigenvalue weighted by Gasteiger charge is 2.21. The summed E-state index contributed by atoms with van der Waals surface area (Å²) in [6.45, 7) is 1.06. The molecule has 0 aromatic heterocycles. The van der Waals surface area contributed by atoms with Gasteiger partial charge < -0.3 is 0 Å². The van der Waals surface area contributed by atoms with Gasteiger partial charge in [0, 0.05) is 24.4 Å². The lowest BCUT2D eigenvalue weighted by molar-refractivity contribution is -0.417. The molecule has 0 spiro atoms. The second-order valence-corrected chi connectivity index (χ2v) is 7.05. The number of unbranched alkanes of at least 4 members (excludes halogenated alkanes) is 1. The number of hydrogen-bond donors (Lipinski definition) is 0. The highest BCUT2D eigenvalue weighted by molar-refractivity contribution is 7.91. The third kappa shape index (κ3) is 4.92. The topological polar surface area (TPSA) is 94.3 Å². The number of allylic oxidation sites excluding steroid dienone is 1. The average Bonchev–Trinajstić information content (AvgIpc) is 2.44. The molecule has 0 saturated heterocycles. The van der Waals surface area contributed by atoms with Crippen LogP contribution in [0, 0.1) is 10.1 Å². The first kappa shape index (κ1) is 18.3. The molecule has 120 valence electrons. The lowest BCUT2D eigenvalue weighted by Gasteiger charge is -2.07. The summed E-state index contributed by atoms with van der Waals surface area (Å²) in [5, 5.41) is 10.9. The SMILES string of the molecule is CC(=O)C(=Cc1ccccc1S(=O)(=O)CCCCCl)[N+](=O)[O-]. The van der Waals surface area contributed by atoms with Gasteiger partial charge >= 0.3 is 5.70 Å². The van der Waals surface area contributed by atoms with E-state index >= 15 is 0 Å². The van der Waals surface area contributed by atoms with Crippen molar-refractivity contribution in [1.82, 2.24) is 0 Å². The Morgan fingerprint density at radius 2 is 1.95 bits per heavy atom. The maximum absolute atomic E-state index is 12.3. The Hall–Kier alpha value is -1.73. The van der Waals surface area contributed by atoms with E-state index in [-0.39, 0.29) is 16.2 Å². The van der Waals surface area contributed by atoms with Gasteiger partial charge in [0.15, 0.2) is 9.84 Å². The maximum Gasteiger partial charge on any atom is 0.312 e. The van der Waals surface area contributed by atoms with Gasteiger partial charge in [-0.15, -0.1) is 11.6 Å². The summed E-state index contributed by atoms with van der Waals surface area (Å²) in [4.78, 5) is 21.3. The van der Waals surface area contributed by atoms with Crippen LogP contribution >= 0.6 is 11.6 Å². The molecule has 0 radical (unpaired) electrons. The number of nitrogens with zero attached hydrogens (tertiary/aromatic N) is 1. The number of rotatable bonds is 8. The number of alkyl halides is 1. The number of carbonyl (C=O) groups is 1. The van der Waals surface area contributed by atoms with Crippen molar-refractivity contribution in [3.63, 3.8) is 0 Å². The Morgan fingerprint density at radius 3 is 2.50 bits per heavy atom. The van der Waals surface area contributed by atoms with Crippen molar-refractivity contribution in [1.29, 1.82) is 0 Å². The summed E-state index contributed by atoms with van der Waals surface area (Å²) in [5.74, 6) is -0.468. The summed E-state index contributed by atoms with van der Waals surface area (Å²) >= 11 is 5.53. The highest BCUT2D eigenvalue weighted by atomic mass is 35.5. The monoisotopic (exact) mass is 345 g/mol. The molecular weight excluding hydrogens is 330 g/mol. The summed E-state index contributed by atoms with van der Waals surface area (Å²) in [7, 11) is -3.60. The van der Waals surface area contributed by atoms with Gasteiger partial charge in [0.1, 0.15) is 0 Å². The van der Waals surface area contributed by atoms with Crippen molar-refractivity contribution in [3.8, 4) is 0 Å². The molecule has 0 bridgehead atoms. The normalized spacial score (nSPS) is 12.2. The quantitative estimate of drug-likeness (QED) is 0.237. The third-order valence-electron chi connectivity index (χ3n) is 2.90. The lowest BCUT2D eigenvalue weighted by atomic mass is 10.1. The van der Waals surface area contributed by atoms with E-state index in [1.54, 1.807) is 6.07 Å². The molecular formula is C14H16ClNO5S. The first-order valence-electron chi connectivity index (χ1n) is 6.54. The number of nitro groups is 1. The standard InChI is InChI=1S/C14H16ClNO5S/c1-11(17)13(16(18)19)10-12-6-2-3-7-14(12)22(20,21)9-5-4-8-15/h2-3,6-7,10H,4-5,8-9H2,1H3. The molecule has 0 aliphatic carbocycles. The van der Waals surface area contributed by atoms with Crippen molar-refractivity contribution in [2.45, 2.75) is 24.7 Å². The molecule has 0 atom stereocenters. The van der Waals surface area contributed by atoms with Gasteiger partial charge in [-0.3, -0.25) is 14.9 Å². The Morgan fingerprint density at radius 1 is 1.32 bits per heavy atom. The zero-order valence-electron chi connectivity index (χ0n) is 12.0. The van der Waals surface area contributed by atoms with Crippen LogP contribution in [0.5, 0.6) is 0 Å². The molecule has 6 nitrogen and oxygen atoms in total. The van der Waals surface area contributed by atoms with Crippen LogP contribution in [-0.4, -0.2) is 30.8 Å². The number of sulfone groups is 1. The van der Waals surface area contributed by atoms with Crippen molar-refractivity contribution in [2.24, 2.45) is 0 Å². The third-order valence-corrected chi connectivity index (χ3v) is 5.04. The lowest BCUT2D eigenvalue weighted by Crippen LogP contribution is -2.11. The molecule has 0 amide bonds. The van der Waals surface area contributed by atoms with Gasteiger partial charge in [-0.1, -0.05) is 18.2 Å². The summed E-state index contributed by atoms with van der Waals surface area (Å²) in [6, 6.07) is 5.90. The predicted molar refractivity (Wildman–Crippen MR) is 84.1 cm³/mol. The first-order valence-corrected chi connectivity index (χ1v) is 8.73. The van der Waals surface area contributed by atoms with E-state index in [1.165, 1.54) is 18.2 Å². The molecule has 0 aliphatic heterocycles. The number of halogens is 1. The number of ketones is 1. The number of carbonyl (C=O) groups excluding carboxylic acids is 1. The number of benzene rings is 1. The molecule has 1 rings (SSSR count). The molecule has 0 fully saturated rings. The van der Waals surface area contributed by atoms with Crippen LogP contribution < -0.4 is 0 Å². The van der Waals surface area contributed by atoms with E-state index in [0.29, 0.717) is 18.7 Å². The van der Waals surface area contributed by atoms with Crippen molar-refractivity contribution >= 4 is 33.3 Å². The Labute approximate surface area is 133 Å². The van der Waals surface area contributed by atoms with Crippen LogP contribution in [0.15, 0.2) is 34.9 Å². The zero-order chi connectivity index (χ0) is 16.8. The van der Waals surface area contributed by atoms with Crippen LogP contribution in [0.3, 0.4) is 0 Å². The van der Waals surface area contributed by atoms with Gasteiger partial charge in [0.2, 0.25) is 5.78 Å². The zero-order valence-corrected chi connectivity index (χ0v) is 13.6. The van der Waals surface area contributed by atoms with Crippen LogP contribution in [0.4, 0.5) is 0 Å². The Bertz CT molecular complexity index is 681. The van der Waals surface area contributed by atoms with E-state index in [0.717, 1.165) is 13.0 Å². The van der Waals surface area contributed by atoms with Crippen LogP contribution in [0.25, 0.3) is 6.08 Å². The smallest absolute Gasteiger partial charge is 0.288 e. The van der Waals surface area contributed by atoms with E-state index in [2.05, 4.69) is 0 Å². The number of hydrogen-bond acceptors (Lipinski definition) is 5. The maximum atomic E-state index is 12.3. The van der Waals surface area contributed by atoms with Crippen LogP contribution in [-0.2, 0) is 14.6 Å². The van der Waals surface area contributed by atoms with E-state index in [1.807, 2.05) is 0 Å². The van der Waals surface area contributed by atoms with Gasteiger partial charge in [0.05, 0.1) is 15.6 Å². The second kappa shape index (κ2) is 8.05. The fourth-order valence-corrected chi connectivity index (χ4v) is 3.57. The Kier molecular flexibility index (Phi) is 6.70. The minimum absolute atomic E-state index is 0.0230. The molecule has 8 heteroatoms. The fraction of sp³-hybridized carbons (Fsp3) is 0.357. The number of Topliss-reactive ketones (excluding diaryl/α,β-unsaturated/α-hetero) is 1. The molecule has 0 unspecified atom stereocenters. The van der Waals surface area contributed by atoms with Crippen LogP contribution in [0.1, 0.15) is 25.3 Å². The van der Waals surface area contributed by atoms with Gasteiger partial charge in [0.25, 0.3) is 0 Å². The minimum Gasteiger partial charge on any atom is -0.288 e.